The predicted octanol–water partition coefficient (Wildman–Crippen LogP) is 8.01. The zero-order chi connectivity index (χ0) is 43.4. The molecule has 4 amide bonds. The van der Waals surface area contributed by atoms with Crippen molar-refractivity contribution >= 4 is 46.2 Å². The number of rotatable bonds is 10. The van der Waals surface area contributed by atoms with Crippen molar-refractivity contribution < 1.29 is 28.7 Å². The van der Waals surface area contributed by atoms with Crippen LogP contribution in [0.5, 0.6) is 0 Å². The molecule has 0 spiro atoms. The van der Waals surface area contributed by atoms with Crippen molar-refractivity contribution in [2.24, 2.45) is 17.8 Å². The third-order valence-corrected chi connectivity index (χ3v) is 14.0. The van der Waals surface area contributed by atoms with Gasteiger partial charge in [-0.1, -0.05) is 52.0 Å². The summed E-state index contributed by atoms with van der Waals surface area (Å²) in [5.41, 5.74) is 11.8. The van der Waals surface area contributed by atoms with E-state index in [1.807, 2.05) is 43.7 Å². The summed E-state index contributed by atoms with van der Waals surface area (Å²) in [6, 6.07) is 11.6. The SMILES string of the molecule is COC(=O)N[C@H](C(=O)N1CCC[C@H]1c1ncc(-c2ccc3c(c2)CCC2=C3CCC(c3ccc4nc([C@@H]5[C@@H]6CC[C@H](C6)N5C(=O)[C@@H](NC(=O)OC)C(C)C)[nH]c4c3)=C2)[nH]1)C(C)C. The van der Waals surface area contributed by atoms with Crippen LogP contribution in [0.15, 0.2) is 54.2 Å². The highest BCUT2D eigenvalue weighted by Crippen LogP contribution is 2.50. The summed E-state index contributed by atoms with van der Waals surface area (Å²) >= 11 is 0. The van der Waals surface area contributed by atoms with Crippen LogP contribution >= 0.6 is 0 Å². The minimum atomic E-state index is -0.678. The number of carbonyl (C=O) groups is 4. The van der Waals surface area contributed by atoms with Gasteiger partial charge in [-0.05, 0) is 133 Å². The fraction of sp³-hybridized carbons (Fsp3) is 0.500. The molecule has 4 heterocycles. The van der Waals surface area contributed by atoms with Crippen LogP contribution in [0.25, 0.3) is 33.4 Å². The minimum absolute atomic E-state index is 0.0743. The highest BCUT2D eigenvalue weighted by molar-refractivity contribution is 5.89. The number of aromatic nitrogens is 4. The van der Waals surface area contributed by atoms with Crippen LogP contribution in [-0.4, -0.2) is 92.6 Å². The molecule has 62 heavy (non-hydrogen) atoms. The maximum atomic E-state index is 14.1. The van der Waals surface area contributed by atoms with E-state index < -0.39 is 24.3 Å². The number of H-pyrrole nitrogens is 2. The van der Waals surface area contributed by atoms with Gasteiger partial charge in [0.2, 0.25) is 11.8 Å². The van der Waals surface area contributed by atoms with Gasteiger partial charge in [-0.15, -0.1) is 0 Å². The van der Waals surface area contributed by atoms with E-state index in [1.54, 1.807) is 0 Å². The summed E-state index contributed by atoms with van der Waals surface area (Å²) in [6.45, 7) is 8.33. The monoisotopic (exact) mass is 842 g/mol. The van der Waals surface area contributed by atoms with Crippen LogP contribution in [0, 0.1) is 17.8 Å². The number of nitrogens with zero attached hydrogens (tertiary/aromatic N) is 4. The van der Waals surface area contributed by atoms with Crippen LogP contribution in [0.3, 0.4) is 0 Å². The van der Waals surface area contributed by atoms with Gasteiger partial charge in [0.15, 0.2) is 0 Å². The Hall–Kier alpha value is -5.92. The van der Waals surface area contributed by atoms with Gasteiger partial charge in [-0.25, -0.2) is 19.6 Å². The van der Waals surface area contributed by atoms with E-state index in [0.717, 1.165) is 91.7 Å². The van der Waals surface area contributed by atoms with Crippen LogP contribution in [0.4, 0.5) is 9.59 Å². The van der Waals surface area contributed by atoms with Crippen LogP contribution in [0.1, 0.15) is 119 Å². The Kier molecular flexibility index (Phi) is 11.2. The summed E-state index contributed by atoms with van der Waals surface area (Å²) in [7, 11) is 2.62. The Bertz CT molecular complexity index is 2480. The number of hydrogen-bond acceptors (Lipinski definition) is 8. The lowest BCUT2D eigenvalue weighted by molar-refractivity contribution is -0.139. The lowest BCUT2D eigenvalue weighted by Crippen LogP contribution is -2.54. The maximum Gasteiger partial charge on any atom is 0.407 e. The normalized spacial score (nSPS) is 22.7. The molecule has 2 aliphatic heterocycles. The van der Waals surface area contributed by atoms with Crippen LogP contribution in [-0.2, 0) is 25.5 Å². The van der Waals surface area contributed by atoms with E-state index in [0.29, 0.717) is 12.5 Å². The molecule has 326 valence electrons. The third kappa shape index (κ3) is 7.55. The van der Waals surface area contributed by atoms with Crippen molar-refractivity contribution in [3.63, 3.8) is 0 Å². The fourth-order valence-corrected chi connectivity index (χ4v) is 10.8. The molecular weight excluding hydrogens is 785 g/mol. The number of methoxy groups -OCH3 is 2. The zero-order valence-electron chi connectivity index (χ0n) is 36.5. The first kappa shape index (κ1) is 41.4. The second-order valence-corrected chi connectivity index (χ2v) is 18.4. The minimum Gasteiger partial charge on any atom is -0.453 e. The number of imidazole rings is 2. The van der Waals surface area contributed by atoms with Crippen molar-refractivity contribution in [1.82, 2.24) is 40.4 Å². The highest BCUT2D eigenvalue weighted by atomic mass is 16.5. The average Bonchev–Trinajstić information content (AvgIpc) is 4.14. The molecule has 0 radical (unpaired) electrons. The second-order valence-electron chi connectivity index (χ2n) is 18.4. The topological polar surface area (TPSA) is 175 Å². The van der Waals surface area contributed by atoms with E-state index >= 15 is 0 Å². The molecule has 3 fully saturated rings. The highest BCUT2D eigenvalue weighted by Gasteiger charge is 2.51. The van der Waals surface area contributed by atoms with E-state index in [1.165, 1.54) is 47.6 Å². The first-order valence-corrected chi connectivity index (χ1v) is 22.3. The number of ether oxygens (including phenoxy) is 2. The average molecular weight is 843 g/mol. The summed E-state index contributed by atoms with van der Waals surface area (Å²) in [4.78, 5) is 72.8. The zero-order valence-corrected chi connectivity index (χ0v) is 36.5. The molecule has 6 atom stereocenters. The number of aromatic amines is 2. The van der Waals surface area contributed by atoms with Gasteiger partial charge in [0.05, 0.1) is 49.2 Å². The first-order chi connectivity index (χ1) is 29.9. The summed E-state index contributed by atoms with van der Waals surface area (Å²) in [5.74, 6) is 1.51. The van der Waals surface area contributed by atoms with Crippen LogP contribution < -0.4 is 10.6 Å². The molecule has 1 saturated carbocycles. The lowest BCUT2D eigenvalue weighted by atomic mass is 9.78. The quantitative estimate of drug-likeness (QED) is 0.124. The number of likely N-dealkylation sites (tertiary alicyclic amines) is 2. The number of benzene rings is 2. The Morgan fingerprint density at radius 3 is 2.29 bits per heavy atom. The number of aryl methyl sites for hydroxylation is 1. The third-order valence-electron chi connectivity index (χ3n) is 14.0. The number of amides is 4. The Morgan fingerprint density at radius 2 is 1.55 bits per heavy atom. The molecule has 14 heteroatoms. The molecule has 2 saturated heterocycles. The van der Waals surface area contributed by atoms with Gasteiger partial charge in [0, 0.05) is 12.6 Å². The van der Waals surface area contributed by atoms with Gasteiger partial charge in [-0.3, -0.25) is 9.59 Å². The maximum absolute atomic E-state index is 14.1. The second kappa shape index (κ2) is 16.7. The number of alkyl carbamates (subject to hydrolysis) is 2. The number of nitrogens with one attached hydrogen (secondary N) is 4. The summed E-state index contributed by atoms with van der Waals surface area (Å²) in [5, 5.41) is 5.51. The number of allylic oxidation sites excluding steroid dienone is 4. The number of hydrogen-bond donors (Lipinski definition) is 4. The van der Waals surface area contributed by atoms with Gasteiger partial charge in [-0.2, -0.15) is 0 Å². The molecule has 4 N–H and O–H groups in total. The number of piperidine rings is 1. The van der Waals surface area contributed by atoms with Crippen molar-refractivity contribution in [1.29, 1.82) is 0 Å². The molecule has 4 aromatic rings. The van der Waals surface area contributed by atoms with E-state index in [9.17, 15) is 19.2 Å². The van der Waals surface area contributed by atoms with Crippen molar-refractivity contribution in [3.8, 4) is 11.3 Å². The number of fused-ring (bicyclic) bond motifs is 5. The number of carbonyl (C=O) groups excluding carboxylic acids is 4. The molecule has 9 rings (SSSR count). The van der Waals surface area contributed by atoms with Crippen molar-refractivity contribution in [2.75, 3.05) is 20.8 Å². The Labute approximate surface area is 362 Å². The summed E-state index contributed by atoms with van der Waals surface area (Å²) in [6.07, 6.45) is 11.5. The Morgan fingerprint density at radius 1 is 0.806 bits per heavy atom. The first-order valence-electron chi connectivity index (χ1n) is 22.3. The van der Waals surface area contributed by atoms with Gasteiger partial charge < -0.3 is 39.9 Å². The largest absolute Gasteiger partial charge is 0.453 e. The van der Waals surface area contributed by atoms with Gasteiger partial charge in [0.1, 0.15) is 23.7 Å². The molecule has 2 bridgehead atoms. The smallest absolute Gasteiger partial charge is 0.407 e. The molecule has 14 nitrogen and oxygen atoms in total. The molecule has 5 aliphatic rings. The van der Waals surface area contributed by atoms with E-state index in [-0.39, 0.29) is 41.8 Å². The van der Waals surface area contributed by atoms with Gasteiger partial charge >= 0.3 is 12.2 Å². The predicted molar refractivity (Wildman–Crippen MR) is 235 cm³/mol. The van der Waals surface area contributed by atoms with E-state index in [4.69, 9.17) is 19.4 Å². The Balaban J connectivity index is 0.915. The molecule has 0 unspecified atom stereocenters. The summed E-state index contributed by atoms with van der Waals surface area (Å²) < 4.78 is 9.65. The fourth-order valence-electron chi connectivity index (χ4n) is 10.8. The van der Waals surface area contributed by atoms with Gasteiger partial charge in [0.25, 0.3) is 0 Å². The molecular formula is C48H58N8O6. The molecule has 3 aliphatic carbocycles. The van der Waals surface area contributed by atoms with E-state index in [2.05, 4.69) is 63.1 Å². The van der Waals surface area contributed by atoms with Crippen molar-refractivity contribution in [2.45, 2.75) is 116 Å². The molecule has 2 aromatic heterocycles. The van der Waals surface area contributed by atoms with Crippen molar-refractivity contribution in [3.05, 3.63) is 82.6 Å². The standard InChI is InChI=1S/C48H58N8O6/c1-25(2)40(53-47(59)61-5)45(57)55-19-7-8-39(55)43-49-24-38(52-43)31-13-17-35-30(21-31)10-9-29-20-27(12-16-34(29)35)28-14-18-36-37(23-28)51-44(50-36)42-32-11-15-33(22-32)56(42)46(58)41(26(3)4)54-48(60)62-6/h13-14,17-18,20-21,23-26,32-33,39-42H,7-12,15-16,19,22H2,1-6H3,(H,49,52)(H,50,51)(H,53,59)(H,54,60)/t32-,33-,39+,40+,41+,42+/m1/s1. The van der Waals surface area contributed by atoms with Crippen LogP contribution in [0.2, 0.25) is 0 Å². The molecule has 2 aromatic carbocycles. The lowest BCUT2D eigenvalue weighted by Gasteiger charge is -2.37.